The summed E-state index contributed by atoms with van der Waals surface area (Å²) in [5, 5.41) is 12.4. The molecule has 0 heterocycles. The Labute approximate surface area is 177 Å². The zero-order chi connectivity index (χ0) is 22.6. The van der Waals surface area contributed by atoms with Crippen LogP contribution in [0, 0.1) is 10.1 Å². The number of benzene rings is 3. The van der Waals surface area contributed by atoms with Gasteiger partial charge in [-0.2, -0.15) is 4.31 Å². The molecule has 0 radical (unpaired) electrons. The predicted molar refractivity (Wildman–Crippen MR) is 112 cm³/mol. The van der Waals surface area contributed by atoms with Gasteiger partial charge in [-0.1, -0.05) is 36.4 Å². The molecule has 0 saturated carbocycles. The van der Waals surface area contributed by atoms with Crippen molar-refractivity contribution in [2.24, 2.45) is 0 Å². The van der Waals surface area contributed by atoms with Crippen molar-refractivity contribution in [3.63, 3.8) is 0 Å². The number of likely N-dealkylation sites (N-methyl/N-ethyl adjacent to an activating group) is 1. The Balaban J connectivity index is 1.63. The standard InChI is InChI=1S/C20H18N4O6S/c1-23(31(29,30)18-10-9-14-5-2-3-6-15(14)12-18)13-19(25)21-22-20(26)16-7-4-8-17(11-16)24(27)28/h2-12H,13H2,1H3,(H,21,25)(H,22,26). The highest BCUT2D eigenvalue weighted by molar-refractivity contribution is 7.89. The second kappa shape index (κ2) is 8.90. The zero-order valence-electron chi connectivity index (χ0n) is 16.3. The van der Waals surface area contributed by atoms with E-state index in [0.29, 0.717) is 0 Å². The molecule has 0 saturated heterocycles. The molecule has 2 N–H and O–H groups in total. The van der Waals surface area contributed by atoms with Gasteiger partial charge in [-0.3, -0.25) is 30.6 Å². The number of amides is 2. The van der Waals surface area contributed by atoms with Crippen LogP contribution < -0.4 is 10.9 Å². The largest absolute Gasteiger partial charge is 0.272 e. The van der Waals surface area contributed by atoms with Crippen molar-refractivity contribution in [1.29, 1.82) is 0 Å². The number of fused-ring (bicyclic) bond motifs is 1. The van der Waals surface area contributed by atoms with E-state index in [1.54, 1.807) is 18.2 Å². The molecule has 0 aliphatic carbocycles. The number of sulfonamides is 1. The van der Waals surface area contributed by atoms with Crippen LogP contribution in [0.5, 0.6) is 0 Å². The summed E-state index contributed by atoms with van der Waals surface area (Å²) < 4.78 is 26.4. The third-order valence-corrected chi connectivity index (χ3v) is 6.23. The molecule has 0 bridgehead atoms. The lowest BCUT2D eigenvalue weighted by atomic mass is 10.1. The summed E-state index contributed by atoms with van der Waals surface area (Å²) in [7, 11) is -2.70. The molecule has 3 aromatic rings. The van der Waals surface area contributed by atoms with E-state index in [0.717, 1.165) is 21.1 Å². The molecule has 160 valence electrons. The van der Waals surface area contributed by atoms with Crippen molar-refractivity contribution in [2.75, 3.05) is 13.6 Å². The van der Waals surface area contributed by atoms with E-state index in [4.69, 9.17) is 0 Å². The number of nitrogens with one attached hydrogen (secondary N) is 2. The van der Waals surface area contributed by atoms with Gasteiger partial charge in [0.15, 0.2) is 0 Å². The highest BCUT2D eigenvalue weighted by atomic mass is 32.2. The summed E-state index contributed by atoms with van der Waals surface area (Å²) in [4.78, 5) is 34.4. The van der Waals surface area contributed by atoms with E-state index >= 15 is 0 Å². The van der Waals surface area contributed by atoms with E-state index in [2.05, 4.69) is 10.9 Å². The molecular weight excluding hydrogens is 424 g/mol. The van der Waals surface area contributed by atoms with Crippen LogP contribution >= 0.6 is 0 Å². The summed E-state index contributed by atoms with van der Waals surface area (Å²) in [5.41, 5.74) is 3.89. The fourth-order valence-corrected chi connectivity index (χ4v) is 3.96. The summed E-state index contributed by atoms with van der Waals surface area (Å²) >= 11 is 0. The SMILES string of the molecule is CN(CC(=O)NNC(=O)c1cccc([N+](=O)[O-])c1)S(=O)(=O)c1ccc2ccccc2c1. The van der Waals surface area contributed by atoms with Crippen LogP contribution in [0.15, 0.2) is 71.6 Å². The lowest BCUT2D eigenvalue weighted by molar-refractivity contribution is -0.384. The lowest BCUT2D eigenvalue weighted by Gasteiger charge is -2.17. The third-order valence-electron chi connectivity index (χ3n) is 4.43. The van der Waals surface area contributed by atoms with E-state index < -0.39 is 33.3 Å². The maximum atomic E-state index is 12.8. The Morgan fingerprint density at radius 3 is 2.39 bits per heavy atom. The van der Waals surface area contributed by atoms with Gasteiger partial charge in [0.05, 0.1) is 16.4 Å². The van der Waals surface area contributed by atoms with E-state index in [1.807, 2.05) is 12.1 Å². The summed E-state index contributed by atoms with van der Waals surface area (Å²) in [6.07, 6.45) is 0. The first-order valence-electron chi connectivity index (χ1n) is 8.97. The molecule has 0 fully saturated rings. The summed E-state index contributed by atoms with van der Waals surface area (Å²) in [6, 6.07) is 16.9. The van der Waals surface area contributed by atoms with E-state index in [1.165, 1.54) is 37.4 Å². The minimum absolute atomic E-state index is 0.0298. The van der Waals surface area contributed by atoms with Gasteiger partial charge in [-0.25, -0.2) is 8.42 Å². The first-order valence-corrected chi connectivity index (χ1v) is 10.4. The van der Waals surface area contributed by atoms with Crippen LogP contribution in [0.4, 0.5) is 5.69 Å². The van der Waals surface area contributed by atoms with Crippen LogP contribution in [-0.2, 0) is 14.8 Å². The summed E-state index contributed by atoms with van der Waals surface area (Å²) in [5.74, 6) is -1.57. The van der Waals surface area contributed by atoms with Gasteiger partial charge in [0.25, 0.3) is 17.5 Å². The van der Waals surface area contributed by atoms with Crippen LogP contribution in [0.1, 0.15) is 10.4 Å². The molecule has 3 rings (SSSR count). The number of rotatable bonds is 6. The quantitative estimate of drug-likeness (QED) is 0.441. The molecule has 0 aliphatic heterocycles. The fraction of sp³-hybridized carbons (Fsp3) is 0.100. The van der Waals surface area contributed by atoms with Crippen LogP contribution in [0.3, 0.4) is 0 Å². The maximum Gasteiger partial charge on any atom is 0.270 e. The molecular formula is C20H18N4O6S. The lowest BCUT2D eigenvalue weighted by Crippen LogP contribution is -2.46. The minimum Gasteiger partial charge on any atom is -0.272 e. The first-order chi connectivity index (χ1) is 14.7. The number of hydrogen-bond acceptors (Lipinski definition) is 6. The molecule has 2 amide bonds. The molecule has 0 aromatic heterocycles. The molecule has 0 aliphatic rings. The number of hydrogen-bond donors (Lipinski definition) is 2. The molecule has 0 spiro atoms. The van der Waals surface area contributed by atoms with Gasteiger partial charge in [-0.15, -0.1) is 0 Å². The second-order valence-electron chi connectivity index (χ2n) is 6.58. The van der Waals surface area contributed by atoms with Gasteiger partial charge < -0.3 is 0 Å². The average Bonchev–Trinajstić information content (AvgIpc) is 2.77. The van der Waals surface area contributed by atoms with Crippen molar-refractivity contribution < 1.29 is 22.9 Å². The molecule has 31 heavy (non-hydrogen) atoms. The number of hydrazine groups is 1. The number of non-ortho nitro benzene ring substituents is 1. The monoisotopic (exact) mass is 442 g/mol. The van der Waals surface area contributed by atoms with Crippen molar-refractivity contribution in [3.05, 3.63) is 82.4 Å². The van der Waals surface area contributed by atoms with Gasteiger partial charge in [0.2, 0.25) is 10.0 Å². The van der Waals surface area contributed by atoms with Crippen molar-refractivity contribution >= 4 is 38.3 Å². The topological polar surface area (TPSA) is 139 Å². The van der Waals surface area contributed by atoms with Gasteiger partial charge in [0.1, 0.15) is 0 Å². The van der Waals surface area contributed by atoms with E-state index in [-0.39, 0.29) is 16.1 Å². The number of nitrogens with zero attached hydrogens (tertiary/aromatic N) is 2. The molecule has 10 nitrogen and oxygen atoms in total. The second-order valence-corrected chi connectivity index (χ2v) is 8.62. The van der Waals surface area contributed by atoms with Crippen molar-refractivity contribution in [3.8, 4) is 0 Å². The highest BCUT2D eigenvalue weighted by Crippen LogP contribution is 2.21. The van der Waals surface area contributed by atoms with Crippen LogP contribution in [0.25, 0.3) is 10.8 Å². The predicted octanol–water partition coefficient (Wildman–Crippen LogP) is 1.83. The Hall–Kier alpha value is -3.83. The smallest absolute Gasteiger partial charge is 0.270 e. The number of nitro benzene ring substituents is 1. The van der Waals surface area contributed by atoms with Crippen LogP contribution in [0.2, 0.25) is 0 Å². The van der Waals surface area contributed by atoms with Crippen molar-refractivity contribution in [1.82, 2.24) is 15.2 Å². The molecule has 0 atom stereocenters. The molecule has 11 heteroatoms. The normalized spacial score (nSPS) is 11.3. The Morgan fingerprint density at radius 2 is 1.68 bits per heavy atom. The van der Waals surface area contributed by atoms with Crippen molar-refractivity contribution in [2.45, 2.75) is 4.90 Å². The van der Waals surface area contributed by atoms with Gasteiger partial charge in [0, 0.05) is 24.7 Å². The first kappa shape index (κ1) is 21.9. The van der Waals surface area contributed by atoms with Crippen LogP contribution in [-0.4, -0.2) is 43.1 Å². The Morgan fingerprint density at radius 1 is 0.968 bits per heavy atom. The molecule has 0 unspecified atom stereocenters. The summed E-state index contributed by atoms with van der Waals surface area (Å²) in [6.45, 7) is -0.551. The third kappa shape index (κ3) is 5.02. The zero-order valence-corrected chi connectivity index (χ0v) is 17.1. The minimum atomic E-state index is -3.95. The van der Waals surface area contributed by atoms with E-state index in [9.17, 15) is 28.1 Å². The number of carbonyl (C=O) groups excluding carboxylic acids is 2. The Bertz CT molecular complexity index is 1280. The molecule has 3 aromatic carbocycles. The average molecular weight is 442 g/mol. The number of carbonyl (C=O) groups is 2. The maximum absolute atomic E-state index is 12.8. The highest BCUT2D eigenvalue weighted by Gasteiger charge is 2.23. The van der Waals surface area contributed by atoms with Gasteiger partial charge >= 0.3 is 0 Å². The Kier molecular flexibility index (Phi) is 6.28. The number of nitro groups is 1. The fourth-order valence-electron chi connectivity index (χ4n) is 2.79. The van der Waals surface area contributed by atoms with Gasteiger partial charge in [-0.05, 0) is 29.0 Å².